The number of hydrogen-bond donors (Lipinski definition) is 2. The van der Waals surface area contributed by atoms with Gasteiger partial charge in [0.25, 0.3) is 0 Å². The zero-order chi connectivity index (χ0) is 16.5. The second kappa shape index (κ2) is 8.73. The minimum Gasteiger partial charge on any atom is -0.494 e. The van der Waals surface area contributed by atoms with Gasteiger partial charge in [-0.05, 0) is 36.2 Å². The van der Waals surface area contributed by atoms with Gasteiger partial charge in [0, 0.05) is 31.4 Å². The van der Waals surface area contributed by atoms with Crippen LogP contribution >= 0.6 is 0 Å². The molecule has 0 unspecified atom stereocenters. The van der Waals surface area contributed by atoms with E-state index in [1.54, 1.807) is 18.3 Å². The first-order chi connectivity index (χ1) is 11.2. The van der Waals surface area contributed by atoms with Crippen LogP contribution in [0.5, 0.6) is 5.75 Å². The number of nitrogens with zero attached hydrogens (tertiary/aromatic N) is 2. The van der Waals surface area contributed by atoms with Crippen LogP contribution in [-0.2, 0) is 12.8 Å². The van der Waals surface area contributed by atoms with Gasteiger partial charge in [-0.25, -0.2) is 4.39 Å². The number of methoxy groups -OCH3 is 1. The Morgan fingerprint density at radius 2 is 2.17 bits per heavy atom. The summed E-state index contributed by atoms with van der Waals surface area (Å²) in [5.74, 6) is 0.286. The van der Waals surface area contributed by atoms with E-state index < -0.39 is 0 Å². The van der Waals surface area contributed by atoms with Crippen LogP contribution < -0.4 is 15.8 Å². The zero-order valence-electron chi connectivity index (χ0n) is 13.1. The summed E-state index contributed by atoms with van der Waals surface area (Å²) >= 11 is 0. The summed E-state index contributed by atoms with van der Waals surface area (Å²) < 4.78 is 18.3. The van der Waals surface area contributed by atoms with E-state index in [9.17, 15) is 4.39 Å². The molecule has 0 aliphatic heterocycles. The number of hydrogen-bond acceptors (Lipinski definition) is 3. The molecule has 122 valence electrons. The lowest BCUT2D eigenvalue weighted by atomic mass is 10.1. The van der Waals surface area contributed by atoms with Gasteiger partial charge in [-0.1, -0.05) is 12.1 Å². The van der Waals surface area contributed by atoms with E-state index in [1.165, 1.54) is 13.2 Å². The van der Waals surface area contributed by atoms with Crippen molar-refractivity contribution in [2.75, 3.05) is 20.2 Å². The van der Waals surface area contributed by atoms with E-state index in [0.717, 1.165) is 17.7 Å². The third-order valence-corrected chi connectivity index (χ3v) is 3.31. The number of aliphatic imine (C=N–C) groups is 1. The molecule has 0 aliphatic rings. The molecular weight excluding hydrogens is 295 g/mol. The van der Waals surface area contributed by atoms with Crippen molar-refractivity contribution >= 4 is 5.96 Å². The number of halogens is 1. The molecule has 3 N–H and O–H groups in total. The van der Waals surface area contributed by atoms with E-state index >= 15 is 0 Å². The highest BCUT2D eigenvalue weighted by Crippen LogP contribution is 2.18. The van der Waals surface area contributed by atoms with E-state index in [-0.39, 0.29) is 11.6 Å². The van der Waals surface area contributed by atoms with Crippen molar-refractivity contribution in [2.45, 2.75) is 12.8 Å². The van der Waals surface area contributed by atoms with Gasteiger partial charge in [-0.3, -0.25) is 9.98 Å². The summed E-state index contributed by atoms with van der Waals surface area (Å²) in [6.07, 6.45) is 3.21. The van der Waals surface area contributed by atoms with Gasteiger partial charge in [0.15, 0.2) is 17.5 Å². The Bertz CT molecular complexity index is 646. The first-order valence-corrected chi connectivity index (χ1v) is 7.45. The minimum absolute atomic E-state index is 0.250. The van der Waals surface area contributed by atoms with E-state index in [2.05, 4.69) is 15.3 Å². The highest BCUT2D eigenvalue weighted by atomic mass is 19.1. The van der Waals surface area contributed by atoms with E-state index in [0.29, 0.717) is 25.5 Å². The van der Waals surface area contributed by atoms with Gasteiger partial charge in [0.2, 0.25) is 0 Å². The molecule has 0 bridgehead atoms. The second-order valence-electron chi connectivity index (χ2n) is 4.98. The summed E-state index contributed by atoms with van der Waals surface area (Å²) in [5.41, 5.74) is 7.77. The molecule has 1 heterocycles. The molecule has 2 rings (SSSR count). The highest BCUT2D eigenvalue weighted by Gasteiger charge is 2.03. The zero-order valence-corrected chi connectivity index (χ0v) is 13.1. The molecule has 0 fully saturated rings. The molecule has 23 heavy (non-hydrogen) atoms. The van der Waals surface area contributed by atoms with Crippen LogP contribution in [0.3, 0.4) is 0 Å². The van der Waals surface area contributed by atoms with E-state index in [4.69, 9.17) is 10.5 Å². The van der Waals surface area contributed by atoms with Crippen molar-refractivity contribution in [3.05, 3.63) is 59.7 Å². The van der Waals surface area contributed by atoms with Crippen LogP contribution in [0.2, 0.25) is 0 Å². The third kappa shape index (κ3) is 5.58. The highest BCUT2D eigenvalue weighted by molar-refractivity contribution is 5.77. The Hall–Kier alpha value is -2.63. The maximum Gasteiger partial charge on any atom is 0.188 e. The Kier molecular flexibility index (Phi) is 6.35. The number of nitrogens with two attached hydrogens (primary N) is 1. The fraction of sp³-hybridized carbons (Fsp3) is 0.294. The van der Waals surface area contributed by atoms with Gasteiger partial charge in [-0.15, -0.1) is 0 Å². The molecule has 6 heteroatoms. The quantitative estimate of drug-likeness (QED) is 0.605. The topological polar surface area (TPSA) is 72.5 Å². The molecule has 0 amide bonds. The smallest absolute Gasteiger partial charge is 0.188 e. The number of guanidine groups is 1. The predicted octanol–water partition coefficient (Wildman–Crippen LogP) is 1.92. The lowest BCUT2D eigenvalue weighted by molar-refractivity contribution is 0.386. The second-order valence-corrected chi connectivity index (χ2v) is 4.98. The number of ether oxygens (including phenoxy) is 1. The van der Waals surface area contributed by atoms with Crippen molar-refractivity contribution in [3.8, 4) is 5.75 Å². The summed E-state index contributed by atoms with van der Waals surface area (Å²) in [6, 6.07) is 10.6. The predicted molar refractivity (Wildman–Crippen MR) is 89.1 cm³/mol. The van der Waals surface area contributed by atoms with Crippen molar-refractivity contribution in [1.82, 2.24) is 10.3 Å². The number of pyridine rings is 1. The molecule has 0 saturated heterocycles. The van der Waals surface area contributed by atoms with Gasteiger partial charge < -0.3 is 15.8 Å². The molecule has 0 saturated carbocycles. The van der Waals surface area contributed by atoms with E-state index in [1.807, 2.05) is 18.2 Å². The average molecular weight is 316 g/mol. The van der Waals surface area contributed by atoms with Gasteiger partial charge in [-0.2, -0.15) is 0 Å². The third-order valence-electron chi connectivity index (χ3n) is 3.31. The Labute approximate surface area is 135 Å². The number of benzene rings is 1. The van der Waals surface area contributed by atoms with Gasteiger partial charge >= 0.3 is 0 Å². The van der Waals surface area contributed by atoms with Crippen LogP contribution in [0.4, 0.5) is 4.39 Å². The molecule has 1 aromatic carbocycles. The van der Waals surface area contributed by atoms with Crippen LogP contribution in [0.15, 0.2) is 47.6 Å². The average Bonchev–Trinajstić information content (AvgIpc) is 2.57. The fourth-order valence-corrected chi connectivity index (χ4v) is 2.09. The first kappa shape index (κ1) is 16.7. The minimum atomic E-state index is -0.361. The Morgan fingerprint density at radius 3 is 2.91 bits per heavy atom. The molecule has 1 aromatic heterocycles. The Morgan fingerprint density at radius 1 is 1.30 bits per heavy atom. The SMILES string of the molecule is COc1cc(CCNC(N)=NCCc2ccccn2)ccc1F. The number of aromatic nitrogens is 1. The molecule has 0 atom stereocenters. The number of nitrogens with one attached hydrogen (secondary N) is 1. The van der Waals surface area contributed by atoms with Gasteiger partial charge in [0.1, 0.15) is 0 Å². The normalized spacial score (nSPS) is 11.3. The molecule has 0 radical (unpaired) electrons. The fourth-order valence-electron chi connectivity index (χ4n) is 2.09. The summed E-state index contributed by atoms with van der Waals surface area (Å²) in [5, 5.41) is 3.04. The monoisotopic (exact) mass is 316 g/mol. The standard InChI is InChI=1S/C17H21FN4O/c1-23-16-12-13(5-6-15(16)18)7-10-21-17(19)22-11-8-14-4-2-3-9-20-14/h2-6,9,12H,7-8,10-11H2,1H3,(H3,19,21,22). The summed E-state index contributed by atoms with van der Waals surface area (Å²) in [4.78, 5) is 8.48. The molecule has 5 nitrogen and oxygen atoms in total. The maximum absolute atomic E-state index is 13.3. The molecular formula is C17H21FN4O. The van der Waals surface area contributed by atoms with Crippen LogP contribution in [0, 0.1) is 5.82 Å². The van der Waals surface area contributed by atoms with Crippen molar-refractivity contribution in [2.24, 2.45) is 10.7 Å². The van der Waals surface area contributed by atoms with Crippen molar-refractivity contribution < 1.29 is 9.13 Å². The Balaban J connectivity index is 1.73. The molecule has 2 aromatic rings. The van der Waals surface area contributed by atoms with Crippen molar-refractivity contribution in [1.29, 1.82) is 0 Å². The first-order valence-electron chi connectivity index (χ1n) is 7.45. The van der Waals surface area contributed by atoms with Crippen LogP contribution in [-0.4, -0.2) is 31.1 Å². The van der Waals surface area contributed by atoms with Crippen LogP contribution in [0.25, 0.3) is 0 Å². The summed E-state index contributed by atoms with van der Waals surface area (Å²) in [6.45, 7) is 1.20. The maximum atomic E-state index is 13.3. The molecule has 0 aliphatic carbocycles. The number of rotatable bonds is 7. The summed E-state index contributed by atoms with van der Waals surface area (Å²) in [7, 11) is 1.45. The van der Waals surface area contributed by atoms with Crippen molar-refractivity contribution in [3.63, 3.8) is 0 Å². The largest absolute Gasteiger partial charge is 0.494 e. The lowest BCUT2D eigenvalue weighted by Crippen LogP contribution is -2.33. The van der Waals surface area contributed by atoms with Crippen LogP contribution in [0.1, 0.15) is 11.3 Å². The lowest BCUT2D eigenvalue weighted by Gasteiger charge is -2.08. The van der Waals surface area contributed by atoms with Gasteiger partial charge in [0.05, 0.1) is 7.11 Å². The molecule has 0 spiro atoms.